The first-order chi connectivity index (χ1) is 14.3. The lowest BCUT2D eigenvalue weighted by atomic mass is 10.00. The van der Waals surface area contributed by atoms with Gasteiger partial charge in [-0.05, 0) is 53.5 Å². The summed E-state index contributed by atoms with van der Waals surface area (Å²) in [5, 5.41) is 9.34. The largest absolute Gasteiger partial charge is 0.493 e. The molecular weight excluding hydrogens is 450 g/mol. The average Bonchev–Trinajstić information content (AvgIpc) is 2.72. The molecule has 1 N–H and O–H groups in total. The molecule has 2 aromatic carbocycles. The third kappa shape index (κ3) is 6.84. The third-order valence-electron chi connectivity index (χ3n) is 4.48. The standard InChI is InChI=1S/C23H24BrNO5/c1-4-15(2)22(23(27)28)25-14-17-8-10-19(20(13-17)29-3)30-21(26)11-9-16-6-5-7-18(24)12-16/h5-15,22H,4H2,1-3H3,(H,27,28)/b11-9+,25-14?. The summed E-state index contributed by atoms with van der Waals surface area (Å²) in [6.45, 7) is 3.77. The number of ether oxygens (including phenoxy) is 2. The van der Waals surface area contributed by atoms with E-state index in [1.54, 1.807) is 24.3 Å². The number of benzene rings is 2. The summed E-state index contributed by atoms with van der Waals surface area (Å²) in [4.78, 5) is 27.7. The summed E-state index contributed by atoms with van der Waals surface area (Å²) in [6, 6.07) is 11.6. The molecule has 0 heterocycles. The first-order valence-electron chi connectivity index (χ1n) is 9.43. The number of carboxylic acids is 1. The number of nitrogens with zero attached hydrogens (tertiary/aromatic N) is 1. The minimum atomic E-state index is -0.963. The highest BCUT2D eigenvalue weighted by atomic mass is 79.9. The minimum Gasteiger partial charge on any atom is -0.493 e. The van der Waals surface area contributed by atoms with Crippen molar-refractivity contribution in [3.05, 3.63) is 64.1 Å². The van der Waals surface area contributed by atoms with Crippen LogP contribution in [0.4, 0.5) is 0 Å². The SMILES string of the molecule is CCC(C)C(N=Cc1ccc(OC(=O)/C=C/c2cccc(Br)c2)c(OC)c1)C(=O)O. The molecule has 0 saturated heterocycles. The van der Waals surface area contributed by atoms with Crippen molar-refractivity contribution in [2.24, 2.45) is 10.9 Å². The van der Waals surface area contributed by atoms with E-state index < -0.39 is 18.0 Å². The monoisotopic (exact) mass is 473 g/mol. The van der Waals surface area contributed by atoms with E-state index in [9.17, 15) is 14.7 Å². The molecule has 0 aliphatic carbocycles. The van der Waals surface area contributed by atoms with Gasteiger partial charge in [0.05, 0.1) is 7.11 Å². The summed E-state index contributed by atoms with van der Waals surface area (Å²) in [5.74, 6) is -0.987. The molecule has 7 heteroatoms. The zero-order chi connectivity index (χ0) is 22.1. The molecule has 2 rings (SSSR count). The Labute approximate surface area is 184 Å². The maximum Gasteiger partial charge on any atom is 0.336 e. The van der Waals surface area contributed by atoms with Gasteiger partial charge in [0.15, 0.2) is 11.5 Å². The van der Waals surface area contributed by atoms with Crippen molar-refractivity contribution < 1.29 is 24.2 Å². The normalized spacial score (nSPS) is 13.3. The van der Waals surface area contributed by atoms with Crippen LogP contribution in [-0.2, 0) is 9.59 Å². The van der Waals surface area contributed by atoms with Crippen LogP contribution in [0.25, 0.3) is 6.08 Å². The molecule has 0 aromatic heterocycles. The van der Waals surface area contributed by atoms with Gasteiger partial charge in [-0.3, -0.25) is 4.99 Å². The number of aliphatic carboxylic acids is 1. The molecule has 0 amide bonds. The first-order valence-corrected chi connectivity index (χ1v) is 10.2. The Bertz CT molecular complexity index is 954. The second-order valence-electron chi connectivity index (χ2n) is 6.67. The number of methoxy groups -OCH3 is 1. The summed E-state index contributed by atoms with van der Waals surface area (Å²) in [5.41, 5.74) is 1.50. The third-order valence-corrected chi connectivity index (χ3v) is 4.97. The Balaban J connectivity index is 2.12. The van der Waals surface area contributed by atoms with E-state index in [1.807, 2.05) is 38.1 Å². The number of hydrogen-bond donors (Lipinski definition) is 1. The van der Waals surface area contributed by atoms with Crippen LogP contribution in [0.2, 0.25) is 0 Å². The fourth-order valence-electron chi connectivity index (χ4n) is 2.61. The molecule has 2 aromatic rings. The molecule has 0 spiro atoms. The van der Waals surface area contributed by atoms with Crippen LogP contribution in [0.5, 0.6) is 11.5 Å². The zero-order valence-electron chi connectivity index (χ0n) is 17.0. The van der Waals surface area contributed by atoms with Crippen molar-refractivity contribution in [3.8, 4) is 11.5 Å². The molecular formula is C23H24BrNO5. The van der Waals surface area contributed by atoms with Gasteiger partial charge in [0.25, 0.3) is 0 Å². The molecule has 0 fully saturated rings. The van der Waals surface area contributed by atoms with Gasteiger partial charge in [-0.1, -0.05) is 48.3 Å². The number of esters is 1. The highest BCUT2D eigenvalue weighted by Gasteiger charge is 2.21. The second kappa shape index (κ2) is 11.3. The highest BCUT2D eigenvalue weighted by molar-refractivity contribution is 9.10. The maximum absolute atomic E-state index is 12.2. The van der Waals surface area contributed by atoms with Gasteiger partial charge >= 0.3 is 11.9 Å². The number of hydrogen-bond acceptors (Lipinski definition) is 5. The lowest BCUT2D eigenvalue weighted by molar-refractivity contribution is -0.139. The van der Waals surface area contributed by atoms with Crippen LogP contribution >= 0.6 is 15.9 Å². The van der Waals surface area contributed by atoms with E-state index >= 15 is 0 Å². The number of carbonyl (C=O) groups is 2. The fraction of sp³-hybridized carbons (Fsp3) is 0.261. The number of carbonyl (C=O) groups excluding carboxylic acids is 1. The Kier molecular flexibility index (Phi) is 8.80. The molecule has 6 nitrogen and oxygen atoms in total. The number of carboxylic acid groups (broad SMARTS) is 1. The van der Waals surface area contributed by atoms with Crippen molar-refractivity contribution in [1.29, 1.82) is 0 Å². The lowest BCUT2D eigenvalue weighted by Gasteiger charge is -2.14. The average molecular weight is 474 g/mol. The summed E-state index contributed by atoms with van der Waals surface area (Å²) in [6.07, 6.45) is 5.19. The predicted octanol–water partition coefficient (Wildman–Crippen LogP) is 4.99. The van der Waals surface area contributed by atoms with Crippen molar-refractivity contribution in [3.63, 3.8) is 0 Å². The van der Waals surface area contributed by atoms with E-state index in [0.29, 0.717) is 17.7 Å². The molecule has 0 bridgehead atoms. The van der Waals surface area contributed by atoms with Crippen LogP contribution in [0.15, 0.2) is 58.0 Å². The van der Waals surface area contributed by atoms with Gasteiger partial charge < -0.3 is 14.6 Å². The molecule has 0 aliphatic heterocycles. The van der Waals surface area contributed by atoms with Gasteiger partial charge in [0, 0.05) is 16.8 Å². The van der Waals surface area contributed by atoms with Crippen LogP contribution in [0.1, 0.15) is 31.4 Å². The topological polar surface area (TPSA) is 85.2 Å². The van der Waals surface area contributed by atoms with E-state index in [1.165, 1.54) is 19.4 Å². The van der Waals surface area contributed by atoms with Crippen LogP contribution in [0.3, 0.4) is 0 Å². The Hall–Kier alpha value is -2.93. The summed E-state index contributed by atoms with van der Waals surface area (Å²) < 4.78 is 11.6. The molecule has 0 radical (unpaired) electrons. The Morgan fingerprint density at radius 3 is 2.57 bits per heavy atom. The molecule has 2 unspecified atom stereocenters. The number of rotatable bonds is 9. The molecule has 2 atom stereocenters. The molecule has 0 saturated carbocycles. The highest BCUT2D eigenvalue weighted by Crippen LogP contribution is 2.28. The van der Waals surface area contributed by atoms with E-state index in [4.69, 9.17) is 9.47 Å². The number of aliphatic imine (C=N–C) groups is 1. The van der Waals surface area contributed by atoms with Gasteiger partial charge in [0.1, 0.15) is 6.04 Å². The van der Waals surface area contributed by atoms with Gasteiger partial charge in [-0.2, -0.15) is 0 Å². The quantitative estimate of drug-likeness (QED) is 0.240. The number of halogens is 1. The van der Waals surface area contributed by atoms with Crippen molar-refractivity contribution in [2.45, 2.75) is 26.3 Å². The molecule has 30 heavy (non-hydrogen) atoms. The maximum atomic E-state index is 12.2. The Morgan fingerprint density at radius 2 is 1.93 bits per heavy atom. The zero-order valence-corrected chi connectivity index (χ0v) is 18.6. The Morgan fingerprint density at radius 1 is 1.17 bits per heavy atom. The van der Waals surface area contributed by atoms with Crippen LogP contribution in [-0.4, -0.2) is 36.4 Å². The van der Waals surface area contributed by atoms with Crippen LogP contribution in [0, 0.1) is 5.92 Å². The van der Waals surface area contributed by atoms with Gasteiger partial charge in [-0.25, -0.2) is 9.59 Å². The van der Waals surface area contributed by atoms with E-state index in [2.05, 4.69) is 20.9 Å². The fourth-order valence-corrected chi connectivity index (χ4v) is 3.03. The minimum absolute atomic E-state index is 0.0853. The second-order valence-corrected chi connectivity index (χ2v) is 7.58. The van der Waals surface area contributed by atoms with Crippen molar-refractivity contribution in [1.82, 2.24) is 0 Å². The summed E-state index contributed by atoms with van der Waals surface area (Å²) >= 11 is 3.38. The van der Waals surface area contributed by atoms with E-state index in [0.717, 1.165) is 10.0 Å². The smallest absolute Gasteiger partial charge is 0.336 e. The first kappa shape index (κ1) is 23.3. The molecule has 0 aliphatic rings. The molecule has 158 valence electrons. The van der Waals surface area contributed by atoms with E-state index in [-0.39, 0.29) is 11.7 Å². The van der Waals surface area contributed by atoms with Crippen molar-refractivity contribution in [2.75, 3.05) is 7.11 Å². The summed E-state index contributed by atoms with van der Waals surface area (Å²) in [7, 11) is 1.46. The van der Waals surface area contributed by atoms with Gasteiger partial charge in [-0.15, -0.1) is 0 Å². The van der Waals surface area contributed by atoms with Crippen molar-refractivity contribution >= 4 is 40.2 Å². The van der Waals surface area contributed by atoms with Crippen LogP contribution < -0.4 is 9.47 Å². The van der Waals surface area contributed by atoms with Gasteiger partial charge in [0.2, 0.25) is 0 Å². The lowest BCUT2D eigenvalue weighted by Crippen LogP contribution is -2.25. The predicted molar refractivity (Wildman–Crippen MR) is 120 cm³/mol.